The number of nitrogens with one attached hydrogen (secondary N) is 1. The van der Waals surface area contributed by atoms with Crippen molar-refractivity contribution in [1.29, 1.82) is 0 Å². The van der Waals surface area contributed by atoms with Crippen LogP contribution in [0.2, 0.25) is 0 Å². The van der Waals surface area contributed by atoms with E-state index < -0.39 is 0 Å². The van der Waals surface area contributed by atoms with Crippen molar-refractivity contribution in [2.45, 2.75) is 46.6 Å². The maximum atomic E-state index is 12.8. The van der Waals surface area contributed by atoms with Crippen LogP contribution >= 0.6 is 0 Å². The smallest absolute Gasteiger partial charge is 0.257 e. The van der Waals surface area contributed by atoms with Crippen LogP contribution in [-0.4, -0.2) is 53.8 Å². The highest BCUT2D eigenvalue weighted by Gasteiger charge is 2.29. The third kappa shape index (κ3) is 4.70. The number of hydrogen-bond donors (Lipinski definition) is 1. The Balaban J connectivity index is 1.58. The molecule has 1 N–H and O–H groups in total. The topological polar surface area (TPSA) is 65.8 Å². The number of amides is 2. The lowest BCUT2D eigenvalue weighted by atomic mass is 10.0. The summed E-state index contributed by atoms with van der Waals surface area (Å²) in [6.45, 7) is 12.4. The van der Waals surface area contributed by atoms with E-state index in [-0.39, 0.29) is 17.9 Å². The van der Waals surface area contributed by atoms with Crippen LogP contribution in [0.3, 0.4) is 0 Å². The molecule has 1 unspecified atom stereocenters. The Kier molecular flexibility index (Phi) is 6.42. The minimum atomic E-state index is -0.259. The molecule has 0 aliphatic carbocycles. The van der Waals surface area contributed by atoms with Crippen LogP contribution in [0.4, 0.5) is 5.69 Å². The number of furan rings is 1. The van der Waals surface area contributed by atoms with Gasteiger partial charge in [-0.25, -0.2) is 0 Å². The number of aryl methyl sites for hydroxylation is 2. The van der Waals surface area contributed by atoms with Gasteiger partial charge in [0.2, 0.25) is 5.91 Å². The van der Waals surface area contributed by atoms with Gasteiger partial charge in [-0.05, 0) is 44.4 Å². The quantitative estimate of drug-likeness (QED) is 0.833. The average molecular weight is 398 g/mol. The summed E-state index contributed by atoms with van der Waals surface area (Å²) in [5.41, 5.74) is 2.64. The van der Waals surface area contributed by atoms with Crippen molar-refractivity contribution in [3.63, 3.8) is 0 Å². The molecule has 1 aliphatic heterocycles. The van der Waals surface area contributed by atoms with Crippen LogP contribution in [0, 0.1) is 13.8 Å². The number of rotatable bonds is 5. The zero-order chi connectivity index (χ0) is 21.1. The van der Waals surface area contributed by atoms with Crippen LogP contribution in [0.15, 0.2) is 34.7 Å². The standard InChI is InChI=1S/C23H31N3O3/c1-15(2)19-8-6-7-9-21(19)24-22(27)17(4)25-10-12-26(13-11-25)23(28)20-14-16(3)29-18(20)5/h6-9,14-15,17H,10-13H2,1-5H3,(H,24,27). The molecule has 0 saturated carbocycles. The highest BCUT2D eigenvalue weighted by molar-refractivity contribution is 5.96. The molecular formula is C23H31N3O3. The molecule has 156 valence electrons. The monoisotopic (exact) mass is 397 g/mol. The van der Waals surface area contributed by atoms with Crippen molar-refractivity contribution in [2.75, 3.05) is 31.5 Å². The van der Waals surface area contributed by atoms with E-state index in [0.29, 0.717) is 43.4 Å². The Morgan fingerprint density at radius 2 is 1.69 bits per heavy atom. The predicted octanol–water partition coefficient (Wildman–Crippen LogP) is 3.80. The van der Waals surface area contributed by atoms with Gasteiger partial charge < -0.3 is 14.6 Å². The van der Waals surface area contributed by atoms with Crippen molar-refractivity contribution in [3.8, 4) is 0 Å². The van der Waals surface area contributed by atoms with E-state index in [1.807, 2.05) is 43.9 Å². The fourth-order valence-corrected chi connectivity index (χ4v) is 3.84. The number of hydrogen-bond acceptors (Lipinski definition) is 4. The SMILES string of the molecule is Cc1cc(C(=O)N2CCN(C(C)C(=O)Nc3ccccc3C(C)C)CC2)c(C)o1. The number of carbonyl (C=O) groups excluding carboxylic acids is 2. The van der Waals surface area contributed by atoms with E-state index in [1.165, 1.54) is 0 Å². The van der Waals surface area contributed by atoms with E-state index in [9.17, 15) is 9.59 Å². The number of benzene rings is 1. The summed E-state index contributed by atoms with van der Waals surface area (Å²) in [7, 11) is 0. The van der Waals surface area contributed by atoms with Gasteiger partial charge in [0, 0.05) is 31.9 Å². The Hall–Kier alpha value is -2.60. The molecule has 1 aromatic carbocycles. The van der Waals surface area contributed by atoms with Gasteiger partial charge in [0.15, 0.2) is 0 Å². The highest BCUT2D eigenvalue weighted by Crippen LogP contribution is 2.24. The average Bonchev–Trinajstić information content (AvgIpc) is 3.05. The van der Waals surface area contributed by atoms with Gasteiger partial charge in [0.05, 0.1) is 11.6 Å². The van der Waals surface area contributed by atoms with Crippen LogP contribution in [-0.2, 0) is 4.79 Å². The second-order valence-corrected chi connectivity index (χ2v) is 8.06. The first-order valence-corrected chi connectivity index (χ1v) is 10.3. The van der Waals surface area contributed by atoms with Gasteiger partial charge in [0.25, 0.3) is 5.91 Å². The first-order chi connectivity index (χ1) is 13.8. The first-order valence-electron chi connectivity index (χ1n) is 10.3. The summed E-state index contributed by atoms with van der Waals surface area (Å²) >= 11 is 0. The normalized spacial score (nSPS) is 16.1. The third-order valence-corrected chi connectivity index (χ3v) is 5.64. The maximum Gasteiger partial charge on any atom is 0.257 e. The van der Waals surface area contributed by atoms with Gasteiger partial charge in [0.1, 0.15) is 11.5 Å². The minimum Gasteiger partial charge on any atom is -0.466 e. The summed E-state index contributed by atoms with van der Waals surface area (Å²) in [4.78, 5) is 29.5. The van der Waals surface area contributed by atoms with Gasteiger partial charge in [-0.1, -0.05) is 32.0 Å². The van der Waals surface area contributed by atoms with Crippen LogP contribution in [0.25, 0.3) is 0 Å². The molecule has 1 atom stereocenters. The first kappa shape index (κ1) is 21.1. The van der Waals surface area contributed by atoms with E-state index in [2.05, 4.69) is 30.1 Å². The number of nitrogens with zero attached hydrogens (tertiary/aromatic N) is 2. The zero-order valence-electron chi connectivity index (χ0n) is 18.0. The molecule has 6 heteroatoms. The summed E-state index contributed by atoms with van der Waals surface area (Å²) in [6, 6.07) is 9.47. The zero-order valence-corrected chi connectivity index (χ0v) is 18.0. The molecular weight excluding hydrogens is 366 g/mol. The van der Waals surface area contributed by atoms with Crippen molar-refractivity contribution >= 4 is 17.5 Å². The van der Waals surface area contributed by atoms with Crippen LogP contribution < -0.4 is 5.32 Å². The summed E-state index contributed by atoms with van der Waals surface area (Å²) < 4.78 is 5.49. The van der Waals surface area contributed by atoms with E-state index in [1.54, 1.807) is 6.07 Å². The predicted molar refractivity (Wildman–Crippen MR) is 114 cm³/mol. The second-order valence-electron chi connectivity index (χ2n) is 8.06. The number of para-hydroxylation sites is 1. The summed E-state index contributed by atoms with van der Waals surface area (Å²) in [5.74, 6) is 1.73. The molecule has 1 aromatic heterocycles. The van der Waals surface area contributed by atoms with Crippen molar-refractivity contribution in [3.05, 3.63) is 53.0 Å². The van der Waals surface area contributed by atoms with Gasteiger partial charge >= 0.3 is 0 Å². The lowest BCUT2D eigenvalue weighted by molar-refractivity contribution is -0.121. The van der Waals surface area contributed by atoms with E-state index in [0.717, 1.165) is 17.0 Å². The number of anilines is 1. The van der Waals surface area contributed by atoms with Gasteiger partial charge in [-0.3, -0.25) is 14.5 Å². The Labute approximate surface area is 172 Å². The minimum absolute atomic E-state index is 0.00182. The van der Waals surface area contributed by atoms with Crippen LogP contribution in [0.1, 0.15) is 54.1 Å². The molecule has 2 aromatic rings. The highest BCUT2D eigenvalue weighted by atomic mass is 16.3. The molecule has 1 fully saturated rings. The van der Waals surface area contributed by atoms with Crippen LogP contribution in [0.5, 0.6) is 0 Å². The molecule has 1 aliphatic rings. The van der Waals surface area contributed by atoms with E-state index in [4.69, 9.17) is 4.42 Å². The Bertz CT molecular complexity index is 879. The molecule has 2 amide bonds. The molecule has 29 heavy (non-hydrogen) atoms. The summed E-state index contributed by atoms with van der Waals surface area (Å²) in [6.07, 6.45) is 0. The molecule has 0 bridgehead atoms. The second kappa shape index (κ2) is 8.82. The molecule has 0 spiro atoms. The molecule has 6 nitrogen and oxygen atoms in total. The van der Waals surface area contributed by atoms with Gasteiger partial charge in [-0.15, -0.1) is 0 Å². The van der Waals surface area contributed by atoms with Gasteiger partial charge in [-0.2, -0.15) is 0 Å². The van der Waals surface area contributed by atoms with E-state index >= 15 is 0 Å². The number of piperazine rings is 1. The fourth-order valence-electron chi connectivity index (χ4n) is 3.84. The largest absolute Gasteiger partial charge is 0.466 e. The molecule has 0 radical (unpaired) electrons. The van der Waals surface area contributed by atoms with Crippen molar-refractivity contribution in [2.24, 2.45) is 0 Å². The van der Waals surface area contributed by atoms with Crippen molar-refractivity contribution < 1.29 is 14.0 Å². The maximum absolute atomic E-state index is 12.8. The molecule has 1 saturated heterocycles. The fraction of sp³-hybridized carbons (Fsp3) is 0.478. The molecule has 2 heterocycles. The lowest BCUT2D eigenvalue weighted by Gasteiger charge is -2.37. The lowest BCUT2D eigenvalue weighted by Crippen LogP contribution is -2.54. The molecule has 3 rings (SSSR count). The third-order valence-electron chi connectivity index (χ3n) is 5.64. The Morgan fingerprint density at radius 3 is 2.28 bits per heavy atom. The number of carbonyl (C=O) groups is 2. The summed E-state index contributed by atoms with van der Waals surface area (Å²) in [5, 5.41) is 3.09. The van der Waals surface area contributed by atoms with Crippen molar-refractivity contribution in [1.82, 2.24) is 9.80 Å². The Morgan fingerprint density at radius 1 is 1.03 bits per heavy atom.